The minimum Gasteiger partial charge on any atom is -0.481 e. The molecule has 0 radical (unpaired) electrons. The zero-order chi connectivity index (χ0) is 21.4. The fourth-order valence-corrected chi connectivity index (χ4v) is 3.29. The van der Waals surface area contributed by atoms with E-state index < -0.39 is 46.6 Å². The predicted octanol–water partition coefficient (Wildman–Crippen LogP) is 3.41. The molecule has 0 bridgehead atoms. The number of carboxylic acids is 2. The van der Waals surface area contributed by atoms with Gasteiger partial charge in [0.25, 0.3) is 5.91 Å². The van der Waals surface area contributed by atoms with Gasteiger partial charge in [0, 0.05) is 11.2 Å². The maximum Gasteiger partial charge on any atom is 0.330 e. The van der Waals surface area contributed by atoms with Crippen molar-refractivity contribution >= 4 is 35.9 Å². The highest BCUT2D eigenvalue weighted by Gasteiger charge is 2.59. The van der Waals surface area contributed by atoms with E-state index in [0.29, 0.717) is 0 Å². The maximum atomic E-state index is 13.4. The molecule has 4 N–H and O–H groups in total. The molecule has 0 saturated carbocycles. The lowest BCUT2D eigenvalue weighted by Gasteiger charge is -2.53. The van der Waals surface area contributed by atoms with Crippen molar-refractivity contribution in [1.82, 2.24) is 4.90 Å². The van der Waals surface area contributed by atoms with Gasteiger partial charge in [-0.15, -0.1) is 12.4 Å². The topological polar surface area (TPSA) is 121 Å². The Kier molecular flexibility index (Phi) is 7.64. The van der Waals surface area contributed by atoms with Gasteiger partial charge in [-0.05, 0) is 44.4 Å². The fraction of sp³-hybridized carbons (Fsp3) is 0.526. The number of nitrogen functional groups attached to an aromatic ring is 1. The molecule has 1 aromatic carbocycles. The number of halogens is 2. The number of rotatable bonds is 5. The molecule has 1 aromatic rings. The summed E-state index contributed by atoms with van der Waals surface area (Å²) in [6, 6.07) is 3.17. The van der Waals surface area contributed by atoms with Gasteiger partial charge in [0.1, 0.15) is 5.82 Å². The molecule has 1 amide bonds. The van der Waals surface area contributed by atoms with Gasteiger partial charge >= 0.3 is 11.9 Å². The predicted molar refractivity (Wildman–Crippen MR) is 106 cm³/mol. The molecule has 0 aliphatic heterocycles. The second kappa shape index (κ2) is 8.34. The van der Waals surface area contributed by atoms with Crippen molar-refractivity contribution < 1.29 is 29.0 Å². The Balaban J connectivity index is 0.00000729. The monoisotopic (exact) mass is 418 g/mol. The lowest BCUT2D eigenvalue weighted by molar-refractivity contribution is -0.169. The van der Waals surface area contributed by atoms with E-state index in [-0.39, 0.29) is 23.7 Å². The molecule has 158 valence electrons. The van der Waals surface area contributed by atoms with Crippen LogP contribution in [0, 0.1) is 11.2 Å². The largest absolute Gasteiger partial charge is 0.481 e. The normalized spacial score (nSPS) is 13.8. The second-order valence-electron chi connectivity index (χ2n) is 8.53. The fourth-order valence-electron chi connectivity index (χ4n) is 3.29. The third kappa shape index (κ3) is 4.73. The van der Waals surface area contributed by atoms with E-state index in [1.165, 1.54) is 6.07 Å². The van der Waals surface area contributed by atoms with Crippen molar-refractivity contribution in [2.75, 3.05) is 5.73 Å². The smallest absolute Gasteiger partial charge is 0.330 e. The van der Waals surface area contributed by atoms with Crippen molar-refractivity contribution in [1.29, 1.82) is 0 Å². The number of anilines is 1. The number of amides is 1. The molecule has 0 heterocycles. The Labute approximate surface area is 170 Å². The Hall–Kier alpha value is -2.35. The molecule has 0 fully saturated rings. The summed E-state index contributed by atoms with van der Waals surface area (Å²) in [7, 11) is 0. The lowest BCUT2D eigenvalue weighted by Crippen LogP contribution is -2.69. The van der Waals surface area contributed by atoms with E-state index in [1.54, 1.807) is 41.5 Å². The van der Waals surface area contributed by atoms with Crippen LogP contribution in [0.5, 0.6) is 0 Å². The summed E-state index contributed by atoms with van der Waals surface area (Å²) < 4.78 is 13.4. The summed E-state index contributed by atoms with van der Waals surface area (Å²) in [5.41, 5.74) is 1.25. The summed E-state index contributed by atoms with van der Waals surface area (Å²) >= 11 is 0. The van der Waals surface area contributed by atoms with Gasteiger partial charge in [0.15, 0.2) is 5.54 Å². The molecule has 9 heteroatoms. The van der Waals surface area contributed by atoms with Crippen LogP contribution in [0.4, 0.5) is 10.1 Å². The van der Waals surface area contributed by atoms with E-state index >= 15 is 0 Å². The van der Waals surface area contributed by atoms with Crippen LogP contribution in [-0.2, 0) is 9.59 Å². The average Bonchev–Trinajstić information content (AvgIpc) is 2.42. The molecule has 1 rings (SSSR count). The molecule has 0 unspecified atom stereocenters. The molecular formula is C19H28ClFN2O5. The molecule has 1 atom stereocenters. The van der Waals surface area contributed by atoms with Crippen LogP contribution in [-0.4, -0.2) is 44.0 Å². The van der Waals surface area contributed by atoms with Gasteiger partial charge in [-0.3, -0.25) is 9.59 Å². The number of benzene rings is 1. The molecular weight excluding hydrogens is 391 g/mol. The van der Waals surface area contributed by atoms with Crippen LogP contribution in [0.3, 0.4) is 0 Å². The minimum atomic E-state index is -2.07. The number of hydrogen-bond acceptors (Lipinski definition) is 4. The van der Waals surface area contributed by atoms with Crippen molar-refractivity contribution in [2.24, 2.45) is 5.41 Å². The number of nitrogens with zero attached hydrogens (tertiary/aromatic N) is 1. The lowest BCUT2D eigenvalue weighted by atomic mass is 9.68. The van der Waals surface area contributed by atoms with Crippen LogP contribution in [0.25, 0.3) is 0 Å². The van der Waals surface area contributed by atoms with Gasteiger partial charge < -0.3 is 20.8 Å². The van der Waals surface area contributed by atoms with Crippen LogP contribution in [0.2, 0.25) is 0 Å². The number of carboxylic acid groups (broad SMARTS) is 2. The summed E-state index contributed by atoms with van der Waals surface area (Å²) in [4.78, 5) is 38.4. The van der Waals surface area contributed by atoms with Crippen molar-refractivity contribution in [3.63, 3.8) is 0 Å². The molecule has 0 saturated heterocycles. The third-order valence-corrected chi connectivity index (χ3v) is 4.50. The number of carbonyl (C=O) groups excluding carboxylic acids is 1. The second-order valence-corrected chi connectivity index (χ2v) is 8.53. The van der Waals surface area contributed by atoms with E-state index in [9.17, 15) is 29.0 Å². The first-order chi connectivity index (χ1) is 12.1. The highest BCUT2D eigenvalue weighted by atomic mass is 35.5. The molecule has 0 aromatic heterocycles. The highest BCUT2D eigenvalue weighted by molar-refractivity contribution is 6.03. The van der Waals surface area contributed by atoms with Gasteiger partial charge in [0.05, 0.1) is 12.0 Å². The summed E-state index contributed by atoms with van der Waals surface area (Å²) in [6.45, 7) is 9.50. The SMILES string of the molecule is CC(C)(C)N(C(=O)c1ccc(F)cc1N)[C@@](CC(=O)O)(C(=O)O)C(C)(C)C.Cl. The van der Waals surface area contributed by atoms with Gasteiger partial charge in [-0.1, -0.05) is 20.8 Å². The Morgan fingerprint density at radius 2 is 1.57 bits per heavy atom. The first kappa shape index (κ1) is 25.6. The molecule has 7 nitrogen and oxygen atoms in total. The minimum absolute atomic E-state index is 0. The van der Waals surface area contributed by atoms with Crippen LogP contribution in [0.1, 0.15) is 58.3 Å². The number of hydrogen-bond donors (Lipinski definition) is 3. The molecule has 0 aliphatic rings. The standard InChI is InChI=1S/C19H27FN2O5.ClH/c1-17(2,3)19(16(26)27,10-14(23)24)22(18(4,5)6)15(25)12-8-7-11(20)9-13(12)21;/h7-9H,10,21H2,1-6H3,(H,23,24)(H,26,27);1H/t19-;/m0./s1. The Morgan fingerprint density at radius 1 is 1.07 bits per heavy atom. The van der Waals surface area contributed by atoms with Crippen molar-refractivity contribution in [3.8, 4) is 0 Å². The van der Waals surface area contributed by atoms with Crippen molar-refractivity contribution in [3.05, 3.63) is 29.6 Å². The zero-order valence-electron chi connectivity index (χ0n) is 16.9. The summed E-state index contributed by atoms with van der Waals surface area (Å²) in [5, 5.41) is 19.5. The highest BCUT2D eigenvalue weighted by Crippen LogP contribution is 2.44. The number of aliphatic carboxylic acids is 2. The van der Waals surface area contributed by atoms with Crippen LogP contribution in [0.15, 0.2) is 18.2 Å². The molecule has 0 spiro atoms. The summed E-state index contributed by atoms with van der Waals surface area (Å²) in [6.07, 6.45) is -0.810. The average molecular weight is 419 g/mol. The Bertz CT molecular complexity index is 771. The molecule has 0 aliphatic carbocycles. The van der Waals surface area contributed by atoms with E-state index in [2.05, 4.69) is 0 Å². The van der Waals surface area contributed by atoms with Crippen LogP contribution >= 0.6 is 12.4 Å². The first-order valence-electron chi connectivity index (χ1n) is 8.40. The first-order valence-corrected chi connectivity index (χ1v) is 8.40. The third-order valence-electron chi connectivity index (χ3n) is 4.50. The van der Waals surface area contributed by atoms with Gasteiger partial charge in [0.2, 0.25) is 0 Å². The molecule has 28 heavy (non-hydrogen) atoms. The van der Waals surface area contributed by atoms with E-state index in [1.807, 2.05) is 0 Å². The summed E-state index contributed by atoms with van der Waals surface area (Å²) in [5.74, 6) is -4.22. The van der Waals surface area contributed by atoms with Crippen LogP contribution < -0.4 is 5.73 Å². The number of carbonyl (C=O) groups is 3. The Morgan fingerprint density at radius 3 is 1.89 bits per heavy atom. The number of nitrogens with two attached hydrogens (primary N) is 1. The van der Waals surface area contributed by atoms with E-state index in [4.69, 9.17) is 5.73 Å². The zero-order valence-corrected chi connectivity index (χ0v) is 17.7. The van der Waals surface area contributed by atoms with Gasteiger partial charge in [-0.2, -0.15) is 0 Å². The maximum absolute atomic E-state index is 13.4. The van der Waals surface area contributed by atoms with E-state index in [0.717, 1.165) is 17.0 Å². The van der Waals surface area contributed by atoms with Crippen molar-refractivity contribution in [2.45, 2.75) is 59.0 Å². The quantitative estimate of drug-likeness (QED) is 0.630. The van der Waals surface area contributed by atoms with Gasteiger partial charge in [-0.25, -0.2) is 9.18 Å².